The minimum atomic E-state index is 0.662. The van der Waals surface area contributed by atoms with Crippen LogP contribution >= 0.6 is 0 Å². The molecular formula is C36H78N2O3+2. The number of hydrogen-bond donors (Lipinski definition) is 0. The summed E-state index contributed by atoms with van der Waals surface area (Å²) in [5.41, 5.74) is 0. The quantitative estimate of drug-likeness (QED) is 0.0556. The van der Waals surface area contributed by atoms with E-state index in [9.17, 15) is 0 Å². The van der Waals surface area contributed by atoms with Gasteiger partial charge in [0.15, 0.2) is 0 Å². The van der Waals surface area contributed by atoms with Gasteiger partial charge in [-0.3, -0.25) is 0 Å². The van der Waals surface area contributed by atoms with Crippen molar-refractivity contribution in [1.82, 2.24) is 0 Å². The molecule has 41 heavy (non-hydrogen) atoms. The third kappa shape index (κ3) is 32.5. The van der Waals surface area contributed by atoms with Crippen molar-refractivity contribution >= 4 is 0 Å². The van der Waals surface area contributed by atoms with Crippen LogP contribution < -0.4 is 0 Å². The van der Waals surface area contributed by atoms with Crippen molar-refractivity contribution < 1.29 is 23.2 Å². The lowest BCUT2D eigenvalue weighted by molar-refractivity contribution is -0.891. The molecule has 0 saturated carbocycles. The zero-order chi connectivity index (χ0) is 30.3. The fourth-order valence-corrected chi connectivity index (χ4v) is 5.44. The van der Waals surface area contributed by atoms with E-state index in [1.165, 1.54) is 142 Å². The van der Waals surface area contributed by atoms with Crippen molar-refractivity contribution in [3.05, 3.63) is 0 Å². The SMILES string of the molecule is CCCCCCCCCCCC[N+](C)(C)CCOCCOCCOCC[N+](C)(C)CCCCCCCCCCCC. The normalized spacial score (nSPS) is 12.4. The standard InChI is InChI=1S/C36H78N2O3/c1-7-9-11-13-15-17-19-21-23-25-27-37(3,4)29-31-39-33-35-41-36-34-40-32-30-38(5,6)28-26-24-22-20-18-16-14-12-10-8-2/h7-36H2,1-6H3/q+2. The Kier molecular flexibility index (Phi) is 29.7. The van der Waals surface area contributed by atoms with Gasteiger partial charge in [0.2, 0.25) is 0 Å². The molecular weight excluding hydrogens is 508 g/mol. The Morgan fingerprint density at radius 2 is 0.537 bits per heavy atom. The number of likely N-dealkylation sites (N-methyl/N-ethyl adjacent to an activating group) is 2. The maximum absolute atomic E-state index is 5.85. The van der Waals surface area contributed by atoms with E-state index in [-0.39, 0.29) is 0 Å². The Morgan fingerprint density at radius 1 is 0.293 bits per heavy atom. The third-order valence-electron chi connectivity index (χ3n) is 8.66. The maximum Gasteiger partial charge on any atom is 0.102 e. The molecule has 0 atom stereocenters. The van der Waals surface area contributed by atoms with E-state index in [0.29, 0.717) is 26.4 Å². The van der Waals surface area contributed by atoms with Gasteiger partial charge in [0.25, 0.3) is 0 Å². The molecule has 0 saturated heterocycles. The summed E-state index contributed by atoms with van der Waals surface area (Å²) >= 11 is 0. The second kappa shape index (κ2) is 29.9. The number of nitrogens with zero attached hydrogens (tertiary/aromatic N) is 2. The van der Waals surface area contributed by atoms with E-state index in [1.807, 2.05) is 0 Å². The summed E-state index contributed by atoms with van der Waals surface area (Å²) in [6.07, 6.45) is 28.1. The zero-order valence-electron chi connectivity index (χ0n) is 29.3. The molecule has 0 N–H and O–H groups in total. The molecule has 0 spiro atoms. The van der Waals surface area contributed by atoms with Crippen LogP contribution in [0.4, 0.5) is 0 Å². The first-order valence-corrected chi connectivity index (χ1v) is 18.2. The molecule has 248 valence electrons. The Morgan fingerprint density at radius 3 is 0.829 bits per heavy atom. The van der Waals surface area contributed by atoms with E-state index in [0.717, 1.165) is 35.3 Å². The van der Waals surface area contributed by atoms with Crippen molar-refractivity contribution in [3.63, 3.8) is 0 Å². The summed E-state index contributed by atoms with van der Waals surface area (Å²) < 4.78 is 19.5. The zero-order valence-corrected chi connectivity index (χ0v) is 29.3. The summed E-state index contributed by atoms with van der Waals surface area (Å²) in [7, 11) is 9.34. The van der Waals surface area contributed by atoms with Crippen LogP contribution in [0.3, 0.4) is 0 Å². The van der Waals surface area contributed by atoms with Gasteiger partial charge in [0, 0.05) is 0 Å². The largest absolute Gasteiger partial charge is 0.377 e. The fourth-order valence-electron chi connectivity index (χ4n) is 5.44. The van der Waals surface area contributed by atoms with Gasteiger partial charge in [-0.05, 0) is 25.7 Å². The first-order chi connectivity index (χ1) is 19.8. The fraction of sp³-hybridized carbons (Fsp3) is 1.00. The van der Waals surface area contributed by atoms with Crippen molar-refractivity contribution in [1.29, 1.82) is 0 Å². The van der Waals surface area contributed by atoms with Crippen LogP contribution in [0.2, 0.25) is 0 Å². The molecule has 5 heteroatoms. The summed E-state index contributed by atoms with van der Waals surface area (Å²) in [5.74, 6) is 0. The number of unbranched alkanes of at least 4 members (excludes halogenated alkanes) is 18. The maximum atomic E-state index is 5.85. The Hall–Kier alpha value is -0.200. The Balaban J connectivity index is 3.43. The minimum absolute atomic E-state index is 0.662. The molecule has 0 bridgehead atoms. The average molecular weight is 587 g/mol. The van der Waals surface area contributed by atoms with Crippen LogP contribution in [0.1, 0.15) is 142 Å². The molecule has 0 heterocycles. The summed E-state index contributed by atoms with van der Waals surface area (Å²) in [6, 6.07) is 0. The predicted molar refractivity (Wildman–Crippen MR) is 180 cm³/mol. The lowest BCUT2D eigenvalue weighted by atomic mass is 10.1. The molecule has 0 rings (SSSR count). The lowest BCUT2D eigenvalue weighted by Crippen LogP contribution is -2.43. The number of rotatable bonds is 34. The van der Waals surface area contributed by atoms with E-state index in [1.54, 1.807) is 0 Å². The van der Waals surface area contributed by atoms with E-state index >= 15 is 0 Å². The lowest BCUT2D eigenvalue weighted by Gasteiger charge is -2.29. The molecule has 0 aliphatic rings. The average Bonchev–Trinajstić information content (AvgIpc) is 2.93. The molecule has 0 aliphatic carbocycles. The molecule has 0 radical (unpaired) electrons. The van der Waals surface area contributed by atoms with E-state index in [4.69, 9.17) is 14.2 Å². The van der Waals surface area contributed by atoms with Gasteiger partial charge in [-0.25, -0.2) is 0 Å². The molecule has 0 aliphatic heterocycles. The van der Waals surface area contributed by atoms with Crippen LogP contribution in [-0.2, 0) is 14.2 Å². The van der Waals surface area contributed by atoms with Crippen molar-refractivity contribution in [2.45, 2.75) is 142 Å². The van der Waals surface area contributed by atoms with Crippen molar-refractivity contribution in [3.8, 4) is 0 Å². The van der Waals surface area contributed by atoms with Crippen molar-refractivity contribution in [2.24, 2.45) is 0 Å². The monoisotopic (exact) mass is 587 g/mol. The van der Waals surface area contributed by atoms with Crippen LogP contribution in [0.15, 0.2) is 0 Å². The van der Waals surface area contributed by atoms with Crippen LogP contribution in [0.5, 0.6) is 0 Å². The summed E-state index contributed by atoms with van der Waals surface area (Å²) in [4.78, 5) is 0. The van der Waals surface area contributed by atoms with E-state index in [2.05, 4.69) is 42.0 Å². The Labute approximate surface area is 259 Å². The molecule has 0 fully saturated rings. The topological polar surface area (TPSA) is 27.7 Å². The predicted octanol–water partition coefficient (Wildman–Crippen LogP) is 9.03. The molecule has 5 nitrogen and oxygen atoms in total. The summed E-state index contributed by atoms with van der Waals surface area (Å²) in [6.45, 7) is 13.6. The third-order valence-corrected chi connectivity index (χ3v) is 8.66. The molecule has 0 aromatic carbocycles. The van der Waals surface area contributed by atoms with Gasteiger partial charge in [-0.1, -0.05) is 117 Å². The first kappa shape index (κ1) is 40.8. The van der Waals surface area contributed by atoms with Gasteiger partial charge in [0.1, 0.15) is 13.1 Å². The summed E-state index contributed by atoms with van der Waals surface area (Å²) in [5, 5.41) is 0. The van der Waals surface area contributed by atoms with Crippen LogP contribution in [0.25, 0.3) is 0 Å². The van der Waals surface area contributed by atoms with Gasteiger partial charge in [-0.2, -0.15) is 0 Å². The van der Waals surface area contributed by atoms with Gasteiger partial charge < -0.3 is 23.2 Å². The second-order valence-corrected chi connectivity index (χ2v) is 14.0. The van der Waals surface area contributed by atoms with E-state index < -0.39 is 0 Å². The number of quaternary nitrogens is 2. The highest BCUT2D eigenvalue weighted by Crippen LogP contribution is 2.13. The second-order valence-electron chi connectivity index (χ2n) is 14.0. The molecule has 0 aromatic heterocycles. The van der Waals surface area contributed by atoms with Crippen LogP contribution in [0, 0.1) is 0 Å². The smallest absolute Gasteiger partial charge is 0.102 e. The highest BCUT2D eigenvalue weighted by atomic mass is 16.5. The molecule has 0 aromatic rings. The first-order valence-electron chi connectivity index (χ1n) is 18.2. The van der Waals surface area contributed by atoms with Crippen molar-refractivity contribution in [2.75, 3.05) is 94.0 Å². The Bertz CT molecular complexity index is 469. The van der Waals surface area contributed by atoms with Crippen LogP contribution in [-0.4, -0.2) is 103 Å². The molecule has 0 amide bonds. The molecule has 0 unspecified atom stereocenters. The van der Waals surface area contributed by atoms with Gasteiger partial charge in [-0.15, -0.1) is 0 Å². The highest BCUT2D eigenvalue weighted by molar-refractivity contribution is 4.49. The van der Waals surface area contributed by atoms with Gasteiger partial charge in [0.05, 0.1) is 80.9 Å². The number of hydrogen-bond acceptors (Lipinski definition) is 3. The highest BCUT2D eigenvalue weighted by Gasteiger charge is 2.15. The minimum Gasteiger partial charge on any atom is -0.377 e. The number of ether oxygens (including phenoxy) is 3. The van der Waals surface area contributed by atoms with Gasteiger partial charge >= 0.3 is 0 Å².